The molecule has 2 aromatic rings. The number of hydrogen-bond acceptors (Lipinski definition) is 7. The monoisotopic (exact) mass is 404 g/mol. The maximum absolute atomic E-state index is 12.5. The Morgan fingerprint density at radius 1 is 1.29 bits per heavy atom. The number of amides is 1. The highest BCUT2D eigenvalue weighted by molar-refractivity contribution is 7.99. The van der Waals surface area contributed by atoms with E-state index in [4.69, 9.17) is 4.74 Å². The van der Waals surface area contributed by atoms with E-state index in [1.807, 2.05) is 0 Å². The van der Waals surface area contributed by atoms with Crippen LogP contribution in [0, 0.1) is 12.8 Å². The van der Waals surface area contributed by atoms with E-state index < -0.39 is 11.5 Å². The zero-order valence-corrected chi connectivity index (χ0v) is 16.9. The number of nitrogens with zero attached hydrogens (tertiary/aromatic N) is 2. The standard InChI is InChI=1S/C19H24N4O4S/c1-11-8-13(18(26)27-2)15-16(21-11)22-19(23-17(15)25)28-10-14(24)20-9-12-6-4-3-5-7-12/h8,12H,3-7,9-10H2,1-2H3,(H,20,24)(H,21,22,23,25). The van der Waals surface area contributed by atoms with Crippen LogP contribution in [0.25, 0.3) is 11.0 Å². The summed E-state index contributed by atoms with van der Waals surface area (Å²) in [5.74, 6) is -0.00195. The van der Waals surface area contributed by atoms with Gasteiger partial charge in [0.15, 0.2) is 10.8 Å². The summed E-state index contributed by atoms with van der Waals surface area (Å²) in [7, 11) is 1.25. The molecule has 0 radical (unpaired) electrons. The lowest BCUT2D eigenvalue weighted by Crippen LogP contribution is -2.31. The number of aryl methyl sites for hydroxylation is 1. The topological polar surface area (TPSA) is 114 Å². The highest BCUT2D eigenvalue weighted by Gasteiger charge is 2.18. The number of methoxy groups -OCH3 is 1. The molecular formula is C19H24N4O4S. The van der Waals surface area contributed by atoms with Crippen molar-refractivity contribution < 1.29 is 14.3 Å². The molecule has 9 heteroatoms. The van der Waals surface area contributed by atoms with Gasteiger partial charge in [0, 0.05) is 12.2 Å². The molecule has 0 aromatic carbocycles. The van der Waals surface area contributed by atoms with Gasteiger partial charge >= 0.3 is 5.97 Å². The molecule has 0 unspecified atom stereocenters. The summed E-state index contributed by atoms with van der Waals surface area (Å²) >= 11 is 1.14. The minimum absolute atomic E-state index is 0.0866. The third-order valence-corrected chi connectivity index (χ3v) is 5.71. The lowest BCUT2D eigenvalue weighted by atomic mass is 9.89. The Hall–Kier alpha value is -2.42. The van der Waals surface area contributed by atoms with Gasteiger partial charge in [-0.3, -0.25) is 9.59 Å². The number of pyridine rings is 1. The fraction of sp³-hybridized carbons (Fsp3) is 0.526. The maximum atomic E-state index is 12.5. The van der Waals surface area contributed by atoms with Crippen LogP contribution in [0.2, 0.25) is 0 Å². The Kier molecular flexibility index (Phi) is 6.66. The highest BCUT2D eigenvalue weighted by Crippen LogP contribution is 2.23. The smallest absolute Gasteiger partial charge is 0.338 e. The van der Waals surface area contributed by atoms with Crippen LogP contribution in [0.15, 0.2) is 16.0 Å². The molecule has 1 amide bonds. The van der Waals surface area contributed by atoms with Gasteiger partial charge in [0.2, 0.25) is 5.91 Å². The van der Waals surface area contributed by atoms with Crippen molar-refractivity contribution in [1.29, 1.82) is 0 Å². The van der Waals surface area contributed by atoms with E-state index in [9.17, 15) is 14.4 Å². The summed E-state index contributed by atoms with van der Waals surface area (Å²) in [6.45, 7) is 2.41. The molecule has 8 nitrogen and oxygen atoms in total. The van der Waals surface area contributed by atoms with Gasteiger partial charge in [0.05, 0.1) is 23.8 Å². The average Bonchev–Trinajstić information content (AvgIpc) is 2.70. The summed E-state index contributed by atoms with van der Waals surface area (Å²) in [5.41, 5.74) is 0.352. The molecule has 1 aliphatic carbocycles. The first-order chi connectivity index (χ1) is 13.5. The zero-order chi connectivity index (χ0) is 20.1. The van der Waals surface area contributed by atoms with Crippen LogP contribution < -0.4 is 10.9 Å². The number of thioether (sulfide) groups is 1. The molecule has 150 valence electrons. The SMILES string of the molecule is COC(=O)c1cc(C)nc2nc(SCC(=O)NCC3CCCCC3)[nH]c(=O)c12. The maximum Gasteiger partial charge on any atom is 0.338 e. The van der Waals surface area contributed by atoms with E-state index in [-0.39, 0.29) is 28.3 Å². The first kappa shape index (κ1) is 20.3. The molecule has 0 aliphatic heterocycles. The zero-order valence-electron chi connectivity index (χ0n) is 16.0. The number of aromatic amines is 1. The molecular weight excluding hydrogens is 380 g/mol. The van der Waals surface area contributed by atoms with E-state index in [1.54, 1.807) is 6.92 Å². The second kappa shape index (κ2) is 9.18. The normalized spacial score (nSPS) is 14.8. The summed E-state index contributed by atoms with van der Waals surface area (Å²) in [5, 5.41) is 3.34. The Labute approximate surface area is 166 Å². The van der Waals surface area contributed by atoms with Gasteiger partial charge in [-0.25, -0.2) is 14.8 Å². The molecule has 28 heavy (non-hydrogen) atoms. The third-order valence-electron chi connectivity index (χ3n) is 4.84. The summed E-state index contributed by atoms with van der Waals surface area (Å²) < 4.78 is 4.74. The van der Waals surface area contributed by atoms with Crippen molar-refractivity contribution >= 4 is 34.7 Å². The van der Waals surface area contributed by atoms with Crippen LogP contribution in [0.1, 0.15) is 48.2 Å². The van der Waals surface area contributed by atoms with Gasteiger partial charge in [0.25, 0.3) is 5.56 Å². The van der Waals surface area contributed by atoms with E-state index in [1.165, 1.54) is 45.3 Å². The first-order valence-corrected chi connectivity index (χ1v) is 10.4. The van der Waals surface area contributed by atoms with Crippen molar-refractivity contribution in [3.05, 3.63) is 27.7 Å². The van der Waals surface area contributed by atoms with Crippen molar-refractivity contribution in [3.8, 4) is 0 Å². The minimum atomic E-state index is -0.620. The Balaban J connectivity index is 1.69. The second-order valence-corrected chi connectivity index (χ2v) is 7.93. The Morgan fingerprint density at radius 3 is 2.75 bits per heavy atom. The van der Waals surface area contributed by atoms with Crippen molar-refractivity contribution in [2.45, 2.75) is 44.2 Å². The number of hydrogen-bond donors (Lipinski definition) is 2. The van der Waals surface area contributed by atoms with Crippen LogP contribution in [0.4, 0.5) is 0 Å². The van der Waals surface area contributed by atoms with E-state index >= 15 is 0 Å². The number of H-pyrrole nitrogens is 1. The lowest BCUT2D eigenvalue weighted by Gasteiger charge is -2.21. The first-order valence-electron chi connectivity index (χ1n) is 9.37. The number of fused-ring (bicyclic) bond motifs is 1. The number of aromatic nitrogens is 3. The van der Waals surface area contributed by atoms with E-state index in [0.717, 1.165) is 11.8 Å². The summed E-state index contributed by atoms with van der Waals surface area (Å²) in [6.07, 6.45) is 6.09. The van der Waals surface area contributed by atoms with Gasteiger partial charge in [0.1, 0.15) is 0 Å². The van der Waals surface area contributed by atoms with E-state index in [0.29, 0.717) is 23.3 Å². The van der Waals surface area contributed by atoms with Crippen LogP contribution in [-0.2, 0) is 9.53 Å². The lowest BCUT2D eigenvalue weighted by molar-refractivity contribution is -0.118. The van der Waals surface area contributed by atoms with Crippen molar-refractivity contribution in [2.75, 3.05) is 19.4 Å². The molecule has 2 aromatic heterocycles. The van der Waals surface area contributed by atoms with Crippen molar-refractivity contribution in [3.63, 3.8) is 0 Å². The third kappa shape index (κ3) is 4.89. The molecule has 1 aliphatic rings. The van der Waals surface area contributed by atoms with E-state index in [2.05, 4.69) is 20.3 Å². The van der Waals surface area contributed by atoms with Crippen LogP contribution >= 0.6 is 11.8 Å². The summed E-state index contributed by atoms with van der Waals surface area (Å²) in [4.78, 5) is 47.7. The molecule has 0 spiro atoms. The Bertz CT molecular complexity index is 937. The largest absolute Gasteiger partial charge is 0.465 e. The quantitative estimate of drug-likeness (QED) is 0.431. The fourth-order valence-corrected chi connectivity index (χ4v) is 4.10. The number of nitrogens with one attached hydrogen (secondary N) is 2. The van der Waals surface area contributed by atoms with Gasteiger partial charge in [-0.15, -0.1) is 0 Å². The highest BCUT2D eigenvalue weighted by atomic mass is 32.2. The van der Waals surface area contributed by atoms with Crippen LogP contribution in [-0.4, -0.2) is 46.2 Å². The van der Waals surface area contributed by atoms with Gasteiger partial charge in [-0.05, 0) is 31.7 Å². The molecule has 0 bridgehead atoms. The minimum Gasteiger partial charge on any atom is -0.465 e. The van der Waals surface area contributed by atoms with Gasteiger partial charge in [-0.1, -0.05) is 31.0 Å². The predicted octanol–water partition coefficient (Wildman–Crippen LogP) is 2.20. The van der Waals surface area contributed by atoms with Crippen LogP contribution in [0.3, 0.4) is 0 Å². The molecule has 2 N–H and O–H groups in total. The van der Waals surface area contributed by atoms with Crippen LogP contribution in [0.5, 0.6) is 0 Å². The number of rotatable bonds is 6. The average molecular weight is 404 g/mol. The molecule has 2 heterocycles. The number of carbonyl (C=O) groups excluding carboxylic acids is 2. The molecule has 1 fully saturated rings. The molecule has 3 rings (SSSR count). The fourth-order valence-electron chi connectivity index (χ4n) is 3.42. The summed E-state index contributed by atoms with van der Waals surface area (Å²) in [6, 6.07) is 1.50. The number of ether oxygens (including phenoxy) is 1. The molecule has 0 saturated heterocycles. The number of carbonyl (C=O) groups is 2. The molecule has 0 atom stereocenters. The van der Waals surface area contributed by atoms with Crippen molar-refractivity contribution in [1.82, 2.24) is 20.3 Å². The number of esters is 1. The van der Waals surface area contributed by atoms with Gasteiger partial charge < -0.3 is 15.0 Å². The Morgan fingerprint density at radius 2 is 2.04 bits per heavy atom. The predicted molar refractivity (Wildman–Crippen MR) is 107 cm³/mol. The second-order valence-electron chi connectivity index (χ2n) is 6.97. The van der Waals surface area contributed by atoms with Gasteiger partial charge in [-0.2, -0.15) is 0 Å². The molecule has 1 saturated carbocycles. The van der Waals surface area contributed by atoms with Crippen molar-refractivity contribution in [2.24, 2.45) is 5.92 Å².